The van der Waals surface area contributed by atoms with E-state index in [1.54, 1.807) is 13.8 Å². The zero-order chi connectivity index (χ0) is 12.1. The lowest BCUT2D eigenvalue weighted by molar-refractivity contribution is -0.105. The van der Waals surface area contributed by atoms with E-state index in [-0.39, 0.29) is 12.2 Å². The molecular formula is C11H12FNO3. The molecule has 0 heterocycles. The van der Waals surface area contributed by atoms with E-state index in [2.05, 4.69) is 10.1 Å². The van der Waals surface area contributed by atoms with Crippen LogP contribution in [0.4, 0.5) is 10.1 Å². The minimum absolute atomic E-state index is 0.169. The third-order valence-corrected chi connectivity index (χ3v) is 2.02. The van der Waals surface area contributed by atoms with Gasteiger partial charge in [0.1, 0.15) is 5.82 Å². The summed E-state index contributed by atoms with van der Waals surface area (Å²) in [5.74, 6) is -1.40. The number of carbonyl (C=O) groups excluding carboxylic acids is 2. The van der Waals surface area contributed by atoms with Gasteiger partial charge in [-0.15, -0.1) is 0 Å². The molecule has 5 heteroatoms. The van der Waals surface area contributed by atoms with Gasteiger partial charge in [0.15, 0.2) is 0 Å². The van der Waals surface area contributed by atoms with Gasteiger partial charge in [-0.05, 0) is 31.5 Å². The number of hydrogen-bond acceptors (Lipinski definition) is 3. The summed E-state index contributed by atoms with van der Waals surface area (Å²) in [6, 6.07) is 2.44. The maximum Gasteiger partial charge on any atom is 0.341 e. The number of nitrogens with one attached hydrogen (secondary N) is 1. The second-order valence-electron chi connectivity index (χ2n) is 3.13. The predicted molar refractivity (Wildman–Crippen MR) is 56.8 cm³/mol. The first-order valence-corrected chi connectivity index (χ1v) is 4.77. The molecular weight excluding hydrogens is 213 g/mol. The Balaban J connectivity index is 3.13. The van der Waals surface area contributed by atoms with Gasteiger partial charge in [0, 0.05) is 5.69 Å². The van der Waals surface area contributed by atoms with Crippen LogP contribution in [-0.4, -0.2) is 19.0 Å². The van der Waals surface area contributed by atoms with Crippen LogP contribution in [0, 0.1) is 12.7 Å². The van der Waals surface area contributed by atoms with Gasteiger partial charge in [-0.1, -0.05) is 0 Å². The van der Waals surface area contributed by atoms with E-state index in [4.69, 9.17) is 0 Å². The number of esters is 1. The highest BCUT2D eigenvalue weighted by atomic mass is 19.1. The summed E-state index contributed by atoms with van der Waals surface area (Å²) in [4.78, 5) is 21.7. The van der Waals surface area contributed by atoms with Crippen molar-refractivity contribution < 1.29 is 18.7 Å². The van der Waals surface area contributed by atoms with Gasteiger partial charge in [0.05, 0.1) is 12.2 Å². The van der Waals surface area contributed by atoms with Gasteiger partial charge in [-0.3, -0.25) is 4.79 Å². The lowest BCUT2D eigenvalue weighted by Gasteiger charge is -2.08. The first-order chi connectivity index (χ1) is 7.60. The highest BCUT2D eigenvalue weighted by Gasteiger charge is 2.15. The van der Waals surface area contributed by atoms with Crippen molar-refractivity contribution in [3.05, 3.63) is 29.1 Å². The van der Waals surface area contributed by atoms with Crippen LogP contribution >= 0.6 is 0 Å². The lowest BCUT2D eigenvalue weighted by Crippen LogP contribution is -2.09. The molecule has 1 aromatic rings. The van der Waals surface area contributed by atoms with Crippen molar-refractivity contribution in [1.82, 2.24) is 0 Å². The van der Waals surface area contributed by atoms with E-state index in [1.165, 1.54) is 12.1 Å². The van der Waals surface area contributed by atoms with E-state index in [0.29, 0.717) is 17.7 Å². The largest absolute Gasteiger partial charge is 0.462 e. The van der Waals surface area contributed by atoms with Crippen molar-refractivity contribution in [2.24, 2.45) is 0 Å². The van der Waals surface area contributed by atoms with Gasteiger partial charge in [0.25, 0.3) is 0 Å². The summed E-state index contributed by atoms with van der Waals surface area (Å²) in [7, 11) is 0. The van der Waals surface area contributed by atoms with Crippen LogP contribution in [0.5, 0.6) is 0 Å². The average Bonchev–Trinajstić information content (AvgIpc) is 2.22. The van der Waals surface area contributed by atoms with Gasteiger partial charge in [-0.2, -0.15) is 0 Å². The molecule has 0 aliphatic heterocycles. The molecule has 0 aliphatic carbocycles. The fraction of sp³-hybridized carbons (Fsp3) is 0.273. The minimum atomic E-state index is -0.742. The van der Waals surface area contributed by atoms with Gasteiger partial charge >= 0.3 is 5.97 Å². The predicted octanol–water partition coefficient (Wildman–Crippen LogP) is 1.88. The van der Waals surface area contributed by atoms with E-state index in [9.17, 15) is 14.0 Å². The molecule has 0 aromatic heterocycles. The molecule has 0 aliphatic rings. The fourth-order valence-electron chi connectivity index (χ4n) is 1.26. The molecule has 0 fully saturated rings. The Morgan fingerprint density at radius 3 is 2.81 bits per heavy atom. The average molecular weight is 225 g/mol. The van der Waals surface area contributed by atoms with Crippen molar-refractivity contribution in [2.45, 2.75) is 13.8 Å². The van der Waals surface area contributed by atoms with Gasteiger partial charge in [-0.25, -0.2) is 9.18 Å². The van der Waals surface area contributed by atoms with Crippen LogP contribution in [-0.2, 0) is 9.53 Å². The van der Waals surface area contributed by atoms with Crippen LogP contribution in [0.3, 0.4) is 0 Å². The summed E-state index contributed by atoms with van der Waals surface area (Å²) in [6.07, 6.45) is 0.467. The van der Waals surface area contributed by atoms with Crippen molar-refractivity contribution >= 4 is 18.1 Å². The fourth-order valence-corrected chi connectivity index (χ4v) is 1.26. The van der Waals surface area contributed by atoms with Crippen molar-refractivity contribution in [1.29, 1.82) is 0 Å². The Bertz CT molecular complexity index is 418. The Morgan fingerprint density at radius 2 is 2.25 bits per heavy atom. The summed E-state index contributed by atoms with van der Waals surface area (Å²) in [6.45, 7) is 3.43. The molecule has 1 amide bonds. The van der Waals surface area contributed by atoms with E-state index >= 15 is 0 Å². The monoisotopic (exact) mass is 225 g/mol. The number of carbonyl (C=O) groups is 2. The zero-order valence-corrected chi connectivity index (χ0v) is 9.04. The zero-order valence-electron chi connectivity index (χ0n) is 9.04. The van der Waals surface area contributed by atoms with Crippen LogP contribution in [0.15, 0.2) is 12.1 Å². The Kier molecular flexibility index (Phi) is 3.99. The smallest absolute Gasteiger partial charge is 0.341 e. The maximum atomic E-state index is 13.4. The number of rotatable bonds is 4. The Hall–Kier alpha value is -1.91. The molecule has 86 valence electrons. The van der Waals surface area contributed by atoms with Crippen LogP contribution in [0.2, 0.25) is 0 Å². The molecule has 0 saturated heterocycles. The van der Waals surface area contributed by atoms with Crippen molar-refractivity contribution in [3.8, 4) is 0 Å². The SMILES string of the molecule is CCOC(=O)c1cc(NC=O)c(C)cc1F. The highest BCUT2D eigenvalue weighted by molar-refractivity contribution is 5.92. The summed E-state index contributed by atoms with van der Waals surface area (Å²) in [5.41, 5.74) is 0.744. The molecule has 1 N–H and O–H groups in total. The molecule has 1 rings (SSSR count). The van der Waals surface area contributed by atoms with Crippen LogP contribution < -0.4 is 5.32 Å². The van der Waals surface area contributed by atoms with E-state index in [0.717, 1.165) is 0 Å². The highest BCUT2D eigenvalue weighted by Crippen LogP contribution is 2.20. The number of hydrogen-bond donors (Lipinski definition) is 1. The second kappa shape index (κ2) is 5.25. The first-order valence-electron chi connectivity index (χ1n) is 4.77. The molecule has 16 heavy (non-hydrogen) atoms. The molecule has 4 nitrogen and oxygen atoms in total. The third-order valence-electron chi connectivity index (χ3n) is 2.02. The van der Waals surface area contributed by atoms with E-state index < -0.39 is 11.8 Å². The summed E-state index contributed by atoms with van der Waals surface area (Å²) >= 11 is 0. The number of anilines is 1. The minimum Gasteiger partial charge on any atom is -0.462 e. The number of aryl methyl sites for hydroxylation is 1. The molecule has 0 spiro atoms. The van der Waals surface area contributed by atoms with Crippen molar-refractivity contribution in [3.63, 3.8) is 0 Å². The first kappa shape index (κ1) is 12.2. The van der Waals surface area contributed by atoms with E-state index in [1.807, 2.05) is 0 Å². The molecule has 0 saturated carbocycles. The third kappa shape index (κ3) is 2.56. The molecule has 0 atom stereocenters. The normalized spacial score (nSPS) is 9.69. The lowest BCUT2D eigenvalue weighted by atomic mass is 10.1. The summed E-state index contributed by atoms with van der Waals surface area (Å²) < 4.78 is 18.1. The van der Waals surface area contributed by atoms with Gasteiger partial charge in [0.2, 0.25) is 6.41 Å². The number of ether oxygens (including phenoxy) is 1. The molecule has 1 aromatic carbocycles. The topological polar surface area (TPSA) is 55.4 Å². The second-order valence-corrected chi connectivity index (χ2v) is 3.13. The number of benzene rings is 1. The maximum absolute atomic E-state index is 13.4. The standard InChI is InChI=1S/C11H12FNO3/c1-3-16-11(15)8-5-10(13-6-14)7(2)4-9(8)12/h4-6H,3H2,1-2H3,(H,13,14). The number of amides is 1. The van der Waals surface area contributed by atoms with Gasteiger partial charge < -0.3 is 10.1 Å². The Morgan fingerprint density at radius 1 is 1.56 bits per heavy atom. The van der Waals surface area contributed by atoms with Crippen LogP contribution in [0.25, 0.3) is 0 Å². The number of halogens is 1. The molecule has 0 radical (unpaired) electrons. The quantitative estimate of drug-likeness (QED) is 0.628. The van der Waals surface area contributed by atoms with Crippen LogP contribution in [0.1, 0.15) is 22.8 Å². The Labute approximate surface area is 92.4 Å². The molecule has 0 unspecified atom stereocenters. The molecule has 0 bridgehead atoms. The van der Waals surface area contributed by atoms with Crippen molar-refractivity contribution in [2.75, 3.05) is 11.9 Å². The summed E-state index contributed by atoms with van der Waals surface area (Å²) in [5, 5.41) is 2.39.